The zero-order chi connectivity index (χ0) is 21.4. The van der Waals surface area contributed by atoms with Crippen molar-refractivity contribution in [1.29, 1.82) is 0 Å². The number of hydrogen-bond donors (Lipinski definition) is 3. The number of hydrogen-bond acceptors (Lipinski definition) is 6. The van der Waals surface area contributed by atoms with Gasteiger partial charge in [0.1, 0.15) is 11.6 Å². The minimum atomic E-state index is -0.474. The van der Waals surface area contributed by atoms with Crippen LogP contribution in [-0.4, -0.2) is 32.5 Å². The van der Waals surface area contributed by atoms with Gasteiger partial charge in [0, 0.05) is 35.0 Å². The van der Waals surface area contributed by atoms with Crippen molar-refractivity contribution in [3.8, 4) is 0 Å². The van der Waals surface area contributed by atoms with E-state index in [2.05, 4.69) is 15.7 Å². The maximum atomic E-state index is 14.7. The first-order chi connectivity index (χ1) is 15.1. The molecule has 31 heavy (non-hydrogen) atoms. The first-order valence-corrected chi connectivity index (χ1v) is 11.0. The van der Waals surface area contributed by atoms with Crippen LogP contribution in [0, 0.1) is 11.9 Å². The summed E-state index contributed by atoms with van der Waals surface area (Å²) in [6.07, 6.45) is 9.08. The Morgan fingerprint density at radius 1 is 1.26 bits per heavy atom. The van der Waals surface area contributed by atoms with Crippen molar-refractivity contribution in [3.63, 3.8) is 0 Å². The average molecular weight is 426 g/mol. The zero-order valence-corrected chi connectivity index (χ0v) is 17.3. The number of fused-ring (bicyclic) bond motifs is 1. The third-order valence-corrected chi connectivity index (χ3v) is 6.34. The molecule has 3 N–H and O–H groups in total. The van der Waals surface area contributed by atoms with Gasteiger partial charge in [-0.1, -0.05) is 12.8 Å². The molecule has 2 aliphatic rings. The standard InChI is InChI=1S/C22H27FN6O2/c23-21-20(15-7-8-15)22-26-18(25-17-6-2-1-5-16(17)13-30)10-19(29(22)27-21)24-11-14-4-3-9-28(31)12-14/h3-4,9-10,12,15-17,24,31H,1-2,5-8,11,13H2,(H,25,26)/t16-,17-/m0/s1. The van der Waals surface area contributed by atoms with Crippen molar-refractivity contribution in [2.24, 2.45) is 5.92 Å². The largest absolute Gasteiger partial charge is 0.854 e. The molecule has 0 amide bonds. The fourth-order valence-electron chi connectivity index (χ4n) is 4.53. The summed E-state index contributed by atoms with van der Waals surface area (Å²) in [5.41, 5.74) is 1.95. The van der Waals surface area contributed by atoms with E-state index in [-0.39, 0.29) is 24.5 Å². The van der Waals surface area contributed by atoms with Crippen LogP contribution in [0.4, 0.5) is 16.0 Å². The van der Waals surface area contributed by atoms with Gasteiger partial charge in [-0.25, -0.2) is 4.98 Å². The summed E-state index contributed by atoms with van der Waals surface area (Å²) in [6, 6.07) is 5.53. The fraction of sp³-hybridized carbons (Fsp3) is 0.500. The minimum Gasteiger partial charge on any atom is -0.854 e. The van der Waals surface area contributed by atoms with Crippen LogP contribution in [0.2, 0.25) is 0 Å². The third kappa shape index (κ3) is 4.14. The quantitative estimate of drug-likeness (QED) is 0.396. The van der Waals surface area contributed by atoms with E-state index in [1.54, 1.807) is 12.3 Å². The van der Waals surface area contributed by atoms with E-state index in [0.29, 0.717) is 29.4 Å². The highest BCUT2D eigenvalue weighted by molar-refractivity contribution is 5.62. The van der Waals surface area contributed by atoms with Crippen LogP contribution in [-0.2, 0) is 6.54 Å². The van der Waals surface area contributed by atoms with Gasteiger partial charge in [0.2, 0.25) is 18.3 Å². The number of rotatable bonds is 7. The van der Waals surface area contributed by atoms with Gasteiger partial charge in [-0.3, -0.25) is 5.21 Å². The van der Waals surface area contributed by atoms with Gasteiger partial charge < -0.3 is 15.7 Å². The second-order valence-corrected chi connectivity index (χ2v) is 8.65. The second-order valence-electron chi connectivity index (χ2n) is 8.65. The molecule has 2 atom stereocenters. The van der Waals surface area contributed by atoms with E-state index < -0.39 is 5.95 Å². The zero-order valence-electron chi connectivity index (χ0n) is 17.3. The van der Waals surface area contributed by atoms with E-state index >= 15 is 0 Å². The first-order valence-electron chi connectivity index (χ1n) is 11.0. The van der Waals surface area contributed by atoms with Gasteiger partial charge in [0.25, 0.3) is 0 Å². The van der Waals surface area contributed by atoms with Gasteiger partial charge in [-0.2, -0.15) is 8.91 Å². The molecule has 2 saturated carbocycles. The van der Waals surface area contributed by atoms with Gasteiger partial charge in [0.15, 0.2) is 5.65 Å². The first kappa shape index (κ1) is 20.0. The van der Waals surface area contributed by atoms with E-state index in [1.165, 1.54) is 10.7 Å². The monoisotopic (exact) mass is 426 g/mol. The molecule has 5 rings (SSSR count). The Labute approximate surface area is 179 Å². The van der Waals surface area contributed by atoms with Crippen molar-refractivity contribution < 1.29 is 19.4 Å². The normalized spacial score (nSPS) is 21.4. The Morgan fingerprint density at radius 2 is 2.10 bits per heavy atom. The van der Waals surface area contributed by atoms with E-state index in [1.807, 2.05) is 12.1 Å². The highest BCUT2D eigenvalue weighted by Gasteiger charge is 2.33. The molecule has 3 heterocycles. The van der Waals surface area contributed by atoms with E-state index in [9.17, 15) is 14.7 Å². The lowest BCUT2D eigenvalue weighted by Gasteiger charge is -2.34. The predicted molar refractivity (Wildman–Crippen MR) is 110 cm³/mol. The Morgan fingerprint density at radius 3 is 2.87 bits per heavy atom. The molecule has 164 valence electrons. The summed E-state index contributed by atoms with van der Waals surface area (Å²) in [7, 11) is 0. The molecule has 0 radical (unpaired) electrons. The summed E-state index contributed by atoms with van der Waals surface area (Å²) in [6.45, 7) is 0.321. The van der Waals surface area contributed by atoms with Gasteiger partial charge in [-0.05, 0) is 43.6 Å². The maximum Gasteiger partial charge on any atom is 0.238 e. The molecule has 0 aromatic carbocycles. The second kappa shape index (κ2) is 8.30. The summed E-state index contributed by atoms with van der Waals surface area (Å²) < 4.78 is 17.2. The summed E-state index contributed by atoms with van der Waals surface area (Å²) in [4.78, 5) is 4.71. The summed E-state index contributed by atoms with van der Waals surface area (Å²) >= 11 is 0. The maximum absolute atomic E-state index is 14.7. The number of aromatic nitrogens is 4. The molecule has 0 unspecified atom stereocenters. The Hall–Kier alpha value is -2.94. The van der Waals surface area contributed by atoms with Crippen LogP contribution >= 0.6 is 0 Å². The van der Waals surface area contributed by atoms with Crippen molar-refractivity contribution in [2.75, 3.05) is 17.2 Å². The molecule has 2 aliphatic carbocycles. The number of halogens is 1. The van der Waals surface area contributed by atoms with Crippen molar-refractivity contribution >= 4 is 17.3 Å². The molecule has 8 nitrogen and oxygen atoms in total. The topological polar surface area (TPSA) is 101 Å². The number of nitrogens with zero attached hydrogens (tertiary/aromatic N) is 4. The van der Waals surface area contributed by atoms with Crippen LogP contribution in [0.3, 0.4) is 0 Å². The number of pyridine rings is 1. The molecule has 3 aromatic heterocycles. The van der Waals surface area contributed by atoms with Crippen molar-refractivity contribution in [1.82, 2.24) is 14.6 Å². The Kier molecular flexibility index (Phi) is 5.35. The Bertz CT molecular complexity index is 1080. The Balaban J connectivity index is 1.49. The number of anilines is 2. The van der Waals surface area contributed by atoms with Crippen LogP contribution in [0.1, 0.15) is 55.6 Å². The van der Waals surface area contributed by atoms with Crippen molar-refractivity contribution in [2.45, 2.75) is 57.0 Å². The molecule has 9 heteroatoms. The lowest BCUT2D eigenvalue weighted by atomic mass is 9.85. The lowest BCUT2D eigenvalue weighted by Crippen LogP contribution is -2.38. The average Bonchev–Trinajstić information content (AvgIpc) is 3.54. The molecule has 0 saturated heterocycles. The van der Waals surface area contributed by atoms with Crippen LogP contribution in [0.5, 0.6) is 0 Å². The lowest BCUT2D eigenvalue weighted by molar-refractivity contribution is -0.905. The van der Waals surface area contributed by atoms with Crippen LogP contribution in [0.15, 0.2) is 30.6 Å². The smallest absolute Gasteiger partial charge is 0.238 e. The minimum absolute atomic E-state index is 0.0775. The van der Waals surface area contributed by atoms with Gasteiger partial charge in [-0.15, -0.1) is 11.7 Å². The molecule has 3 aromatic rings. The number of nitrogens with one attached hydrogen (secondary N) is 2. The van der Waals surface area contributed by atoms with Crippen molar-refractivity contribution in [3.05, 3.63) is 47.7 Å². The molecular formula is C22H27FN6O2. The molecule has 0 spiro atoms. The molecule has 0 aliphatic heterocycles. The van der Waals surface area contributed by atoms with Crippen LogP contribution < -0.4 is 20.5 Å². The van der Waals surface area contributed by atoms with E-state index in [4.69, 9.17) is 4.98 Å². The fourth-order valence-corrected chi connectivity index (χ4v) is 4.53. The van der Waals surface area contributed by atoms with Gasteiger partial charge in [0.05, 0.1) is 5.56 Å². The molecule has 2 fully saturated rings. The van der Waals surface area contributed by atoms with Crippen LogP contribution in [0.25, 0.3) is 5.65 Å². The van der Waals surface area contributed by atoms with Gasteiger partial charge >= 0.3 is 0 Å². The SMILES string of the molecule is [O-]C[C@@H]1CCCC[C@@H]1Nc1cc(NCc2ccc[n+](O)c2)n2nc(F)c(C3CC3)c2n1. The van der Waals surface area contributed by atoms with E-state index in [0.717, 1.165) is 48.8 Å². The third-order valence-electron chi connectivity index (χ3n) is 6.34. The highest BCUT2D eigenvalue weighted by atomic mass is 19.1. The summed E-state index contributed by atoms with van der Waals surface area (Å²) in [5, 5.41) is 32.2. The predicted octanol–water partition coefficient (Wildman–Crippen LogP) is 2.21. The molecular weight excluding hydrogens is 399 g/mol. The molecule has 0 bridgehead atoms. The highest BCUT2D eigenvalue weighted by Crippen LogP contribution is 2.43. The summed E-state index contributed by atoms with van der Waals surface area (Å²) in [5.74, 6) is 1.02.